The highest BCUT2D eigenvalue weighted by Crippen LogP contribution is 2.20. The van der Waals surface area contributed by atoms with E-state index >= 15 is 0 Å². The number of likely N-dealkylation sites (tertiary alicyclic amines) is 1. The summed E-state index contributed by atoms with van der Waals surface area (Å²) in [5.74, 6) is 0.625. The summed E-state index contributed by atoms with van der Waals surface area (Å²) in [7, 11) is 1.61. The third-order valence-corrected chi connectivity index (χ3v) is 4.79. The maximum atomic E-state index is 12.6. The standard InChI is InChI=1S/C20H22ClN3O3/c1-27-17-10-4-14(5-11-17)13-22-19(25)18-3-2-12-24(18)20(26)23-16-8-6-15(21)7-9-16/h4-11,18H,2-3,12-13H2,1H3,(H,22,25)(H,23,26)/t18-/m0/s1. The van der Waals surface area contributed by atoms with Crippen LogP contribution in [0.4, 0.5) is 10.5 Å². The molecule has 1 aliphatic rings. The summed E-state index contributed by atoms with van der Waals surface area (Å²) < 4.78 is 5.13. The molecular formula is C20H22ClN3O3. The summed E-state index contributed by atoms with van der Waals surface area (Å²) in [5.41, 5.74) is 1.62. The van der Waals surface area contributed by atoms with Gasteiger partial charge in [0.05, 0.1) is 7.11 Å². The van der Waals surface area contributed by atoms with Crippen LogP contribution in [0.15, 0.2) is 48.5 Å². The zero-order valence-corrected chi connectivity index (χ0v) is 15.8. The Morgan fingerprint density at radius 2 is 1.85 bits per heavy atom. The summed E-state index contributed by atoms with van der Waals surface area (Å²) in [5, 5.41) is 6.33. The lowest BCUT2D eigenvalue weighted by molar-refractivity contribution is -0.124. The van der Waals surface area contributed by atoms with E-state index in [1.807, 2.05) is 24.3 Å². The van der Waals surface area contributed by atoms with Gasteiger partial charge in [0.1, 0.15) is 11.8 Å². The van der Waals surface area contributed by atoms with Crippen LogP contribution >= 0.6 is 11.6 Å². The van der Waals surface area contributed by atoms with Gasteiger partial charge in [-0.2, -0.15) is 0 Å². The number of benzene rings is 2. The van der Waals surface area contributed by atoms with E-state index in [0.717, 1.165) is 17.7 Å². The fourth-order valence-electron chi connectivity index (χ4n) is 3.06. The molecular weight excluding hydrogens is 366 g/mol. The Morgan fingerprint density at radius 3 is 2.52 bits per heavy atom. The van der Waals surface area contributed by atoms with E-state index in [9.17, 15) is 9.59 Å². The second-order valence-corrected chi connectivity index (χ2v) is 6.79. The fourth-order valence-corrected chi connectivity index (χ4v) is 3.19. The van der Waals surface area contributed by atoms with Crippen molar-refractivity contribution in [3.63, 3.8) is 0 Å². The Hall–Kier alpha value is -2.73. The second kappa shape index (κ2) is 8.77. The van der Waals surface area contributed by atoms with Gasteiger partial charge in [-0.15, -0.1) is 0 Å². The number of nitrogens with one attached hydrogen (secondary N) is 2. The van der Waals surface area contributed by atoms with Gasteiger partial charge in [-0.25, -0.2) is 4.79 Å². The normalized spacial score (nSPS) is 16.1. The molecule has 0 unspecified atom stereocenters. The molecule has 7 heteroatoms. The van der Waals surface area contributed by atoms with Crippen molar-refractivity contribution < 1.29 is 14.3 Å². The third kappa shape index (κ3) is 4.92. The summed E-state index contributed by atoms with van der Waals surface area (Å²) in [6.07, 6.45) is 1.46. The van der Waals surface area contributed by atoms with Crippen LogP contribution in [0, 0.1) is 0 Å². The van der Waals surface area contributed by atoms with Crippen LogP contribution in [0.25, 0.3) is 0 Å². The van der Waals surface area contributed by atoms with Crippen molar-refractivity contribution >= 4 is 29.2 Å². The zero-order valence-electron chi connectivity index (χ0n) is 15.1. The number of rotatable bonds is 5. The van der Waals surface area contributed by atoms with Gasteiger partial charge in [0, 0.05) is 23.8 Å². The van der Waals surface area contributed by atoms with E-state index in [0.29, 0.717) is 30.2 Å². The molecule has 0 radical (unpaired) electrons. The zero-order chi connectivity index (χ0) is 19.2. The molecule has 1 heterocycles. The minimum Gasteiger partial charge on any atom is -0.497 e. The molecule has 3 rings (SSSR count). The number of halogens is 1. The first kappa shape index (κ1) is 19.0. The predicted octanol–water partition coefficient (Wildman–Crippen LogP) is 3.66. The van der Waals surface area contributed by atoms with Gasteiger partial charge in [0.2, 0.25) is 5.91 Å². The number of methoxy groups -OCH3 is 1. The van der Waals surface area contributed by atoms with E-state index in [-0.39, 0.29) is 11.9 Å². The summed E-state index contributed by atoms with van der Waals surface area (Å²) >= 11 is 5.86. The topological polar surface area (TPSA) is 70.7 Å². The smallest absolute Gasteiger partial charge is 0.322 e. The first-order valence-corrected chi connectivity index (χ1v) is 9.18. The summed E-state index contributed by atoms with van der Waals surface area (Å²) in [6, 6.07) is 13.6. The van der Waals surface area contributed by atoms with Crippen molar-refractivity contribution in [3.8, 4) is 5.75 Å². The molecule has 2 aromatic rings. The SMILES string of the molecule is COc1ccc(CNC(=O)[C@@H]2CCCN2C(=O)Nc2ccc(Cl)cc2)cc1. The molecule has 1 saturated heterocycles. The lowest BCUT2D eigenvalue weighted by atomic mass is 10.2. The molecule has 0 aliphatic carbocycles. The van der Waals surface area contributed by atoms with Gasteiger partial charge in [-0.1, -0.05) is 23.7 Å². The number of urea groups is 1. The van der Waals surface area contributed by atoms with Crippen LogP contribution in [0.1, 0.15) is 18.4 Å². The highest BCUT2D eigenvalue weighted by atomic mass is 35.5. The van der Waals surface area contributed by atoms with Crippen LogP contribution in [-0.2, 0) is 11.3 Å². The Kier molecular flexibility index (Phi) is 6.19. The van der Waals surface area contributed by atoms with E-state index in [2.05, 4.69) is 10.6 Å². The highest BCUT2D eigenvalue weighted by Gasteiger charge is 2.34. The largest absolute Gasteiger partial charge is 0.497 e. The van der Waals surface area contributed by atoms with E-state index < -0.39 is 6.04 Å². The van der Waals surface area contributed by atoms with Crippen LogP contribution < -0.4 is 15.4 Å². The second-order valence-electron chi connectivity index (χ2n) is 6.35. The Labute approximate surface area is 163 Å². The van der Waals surface area contributed by atoms with Crippen molar-refractivity contribution in [2.45, 2.75) is 25.4 Å². The summed E-state index contributed by atoms with van der Waals surface area (Å²) in [4.78, 5) is 26.7. The molecule has 2 N–H and O–H groups in total. The third-order valence-electron chi connectivity index (χ3n) is 4.54. The maximum Gasteiger partial charge on any atom is 0.322 e. The van der Waals surface area contributed by atoms with Crippen molar-refractivity contribution in [1.29, 1.82) is 0 Å². The molecule has 1 aliphatic heterocycles. The van der Waals surface area contributed by atoms with E-state index in [1.165, 1.54) is 0 Å². The van der Waals surface area contributed by atoms with Crippen molar-refractivity contribution in [3.05, 3.63) is 59.1 Å². The molecule has 1 atom stereocenters. The van der Waals surface area contributed by atoms with Crippen molar-refractivity contribution in [1.82, 2.24) is 10.2 Å². The molecule has 1 fully saturated rings. The van der Waals surface area contributed by atoms with Crippen molar-refractivity contribution in [2.75, 3.05) is 19.0 Å². The monoisotopic (exact) mass is 387 g/mol. The Balaban J connectivity index is 1.56. The molecule has 0 spiro atoms. The molecule has 27 heavy (non-hydrogen) atoms. The fraction of sp³-hybridized carbons (Fsp3) is 0.300. The van der Waals surface area contributed by atoms with E-state index in [1.54, 1.807) is 36.3 Å². The quantitative estimate of drug-likeness (QED) is 0.822. The Bertz CT molecular complexity index is 793. The molecule has 2 aromatic carbocycles. The lowest BCUT2D eigenvalue weighted by Gasteiger charge is -2.24. The number of anilines is 1. The van der Waals surface area contributed by atoms with Crippen LogP contribution in [0.3, 0.4) is 0 Å². The molecule has 6 nitrogen and oxygen atoms in total. The maximum absolute atomic E-state index is 12.6. The average Bonchev–Trinajstić information content (AvgIpc) is 3.18. The molecule has 3 amide bonds. The number of hydrogen-bond acceptors (Lipinski definition) is 3. The molecule has 142 valence electrons. The van der Waals surface area contributed by atoms with Crippen LogP contribution in [0.2, 0.25) is 5.02 Å². The lowest BCUT2D eigenvalue weighted by Crippen LogP contribution is -2.47. The molecule has 0 saturated carbocycles. The number of carbonyl (C=O) groups is 2. The van der Waals surface area contributed by atoms with Gasteiger partial charge in [-0.3, -0.25) is 4.79 Å². The van der Waals surface area contributed by atoms with Gasteiger partial charge < -0.3 is 20.3 Å². The average molecular weight is 388 g/mol. The first-order valence-electron chi connectivity index (χ1n) is 8.80. The van der Waals surface area contributed by atoms with Gasteiger partial charge in [0.15, 0.2) is 0 Å². The van der Waals surface area contributed by atoms with Gasteiger partial charge in [-0.05, 0) is 54.8 Å². The summed E-state index contributed by atoms with van der Waals surface area (Å²) in [6.45, 7) is 0.964. The first-order chi connectivity index (χ1) is 13.1. The van der Waals surface area contributed by atoms with E-state index in [4.69, 9.17) is 16.3 Å². The number of carbonyl (C=O) groups excluding carboxylic acids is 2. The highest BCUT2D eigenvalue weighted by molar-refractivity contribution is 6.30. The Morgan fingerprint density at radius 1 is 1.15 bits per heavy atom. The molecule has 0 aromatic heterocycles. The van der Waals surface area contributed by atoms with Gasteiger partial charge >= 0.3 is 6.03 Å². The minimum absolute atomic E-state index is 0.144. The van der Waals surface area contributed by atoms with Gasteiger partial charge in [0.25, 0.3) is 0 Å². The van der Waals surface area contributed by atoms with Crippen LogP contribution in [0.5, 0.6) is 5.75 Å². The molecule has 0 bridgehead atoms. The predicted molar refractivity (Wildman–Crippen MR) is 105 cm³/mol. The van der Waals surface area contributed by atoms with Crippen LogP contribution in [-0.4, -0.2) is 36.5 Å². The number of hydrogen-bond donors (Lipinski definition) is 2. The number of amides is 3. The minimum atomic E-state index is -0.462. The van der Waals surface area contributed by atoms with Crippen molar-refractivity contribution in [2.24, 2.45) is 0 Å². The number of nitrogens with zero attached hydrogens (tertiary/aromatic N) is 1. The number of ether oxygens (including phenoxy) is 1.